The summed E-state index contributed by atoms with van der Waals surface area (Å²) in [4.78, 5) is 24.1. The Morgan fingerprint density at radius 3 is 2.74 bits per heavy atom. The number of rotatable bonds is 3. The lowest BCUT2D eigenvalue weighted by atomic mass is 10.1. The summed E-state index contributed by atoms with van der Waals surface area (Å²) in [6.07, 6.45) is 0.555. The highest BCUT2D eigenvalue weighted by molar-refractivity contribution is 7.99. The number of amides is 2. The van der Waals surface area contributed by atoms with Crippen molar-refractivity contribution >= 4 is 33.6 Å². The van der Waals surface area contributed by atoms with Gasteiger partial charge in [0.1, 0.15) is 6.04 Å². The second-order valence-corrected chi connectivity index (χ2v) is 8.01. The molecule has 108 valence electrons. The maximum atomic E-state index is 11.9. The summed E-state index contributed by atoms with van der Waals surface area (Å²) in [6.45, 7) is 0.283. The molecule has 0 saturated carbocycles. The molecule has 0 radical (unpaired) electrons. The summed E-state index contributed by atoms with van der Waals surface area (Å²) >= 11 is 1.39. The molecule has 19 heavy (non-hydrogen) atoms. The number of nitrogens with one attached hydrogen (secondary N) is 1. The Kier molecular flexibility index (Phi) is 4.24. The van der Waals surface area contributed by atoms with Crippen LogP contribution >= 0.6 is 11.8 Å². The molecule has 0 spiro atoms. The third-order valence-corrected chi connectivity index (χ3v) is 6.15. The standard InChI is InChI=1S/C10H16N2O5S2/c13-9(14)8-4-18-6-12(8)10(15)11-3-7-1-2-19(16,17)5-7/h7-8H,1-6H2,(H,11,15)(H,13,14)/t7?,8-/m0/s1. The number of hydrogen-bond donors (Lipinski definition) is 2. The Morgan fingerprint density at radius 1 is 1.42 bits per heavy atom. The van der Waals surface area contributed by atoms with E-state index in [4.69, 9.17) is 5.11 Å². The average molecular weight is 308 g/mol. The molecule has 0 aromatic carbocycles. The molecule has 2 rings (SSSR count). The predicted octanol–water partition coefficient (Wildman–Crippen LogP) is -0.410. The molecule has 2 atom stereocenters. The molecule has 7 nitrogen and oxygen atoms in total. The fourth-order valence-corrected chi connectivity index (χ4v) is 5.22. The summed E-state index contributed by atoms with van der Waals surface area (Å²) in [5.74, 6) is -0.0576. The first kappa shape index (κ1) is 14.4. The molecule has 2 saturated heterocycles. The van der Waals surface area contributed by atoms with Crippen LogP contribution in [0.3, 0.4) is 0 Å². The van der Waals surface area contributed by atoms with Gasteiger partial charge >= 0.3 is 12.0 Å². The lowest BCUT2D eigenvalue weighted by molar-refractivity contribution is -0.140. The van der Waals surface area contributed by atoms with E-state index in [1.165, 1.54) is 16.7 Å². The molecule has 0 bridgehead atoms. The summed E-state index contributed by atoms with van der Waals surface area (Å²) in [6, 6.07) is -1.22. The molecule has 0 aliphatic carbocycles. The second kappa shape index (κ2) is 5.58. The van der Waals surface area contributed by atoms with E-state index in [0.29, 0.717) is 18.1 Å². The predicted molar refractivity (Wildman–Crippen MR) is 70.7 cm³/mol. The smallest absolute Gasteiger partial charge is 0.327 e. The minimum absolute atomic E-state index is 0.0625. The van der Waals surface area contributed by atoms with E-state index in [0.717, 1.165) is 0 Å². The molecule has 1 unspecified atom stereocenters. The van der Waals surface area contributed by atoms with Crippen molar-refractivity contribution in [1.82, 2.24) is 10.2 Å². The monoisotopic (exact) mass is 308 g/mol. The highest BCUT2D eigenvalue weighted by Gasteiger charge is 2.35. The van der Waals surface area contributed by atoms with E-state index in [1.807, 2.05) is 0 Å². The fourth-order valence-electron chi connectivity index (χ4n) is 2.21. The summed E-state index contributed by atoms with van der Waals surface area (Å²) < 4.78 is 22.6. The Labute approximate surface area is 115 Å². The van der Waals surface area contributed by atoms with Gasteiger partial charge in [0.25, 0.3) is 0 Å². The van der Waals surface area contributed by atoms with Crippen molar-refractivity contribution < 1.29 is 23.1 Å². The average Bonchev–Trinajstić information content (AvgIpc) is 2.92. The lowest BCUT2D eigenvalue weighted by Gasteiger charge is -2.21. The number of nitrogens with zero attached hydrogens (tertiary/aromatic N) is 1. The first-order chi connectivity index (χ1) is 8.89. The van der Waals surface area contributed by atoms with Crippen LogP contribution < -0.4 is 5.32 Å². The summed E-state index contributed by atoms with van der Waals surface area (Å²) in [7, 11) is -2.95. The van der Waals surface area contributed by atoms with Gasteiger partial charge in [-0.3, -0.25) is 0 Å². The van der Waals surface area contributed by atoms with Crippen molar-refractivity contribution in [1.29, 1.82) is 0 Å². The molecule has 2 aliphatic heterocycles. The second-order valence-electron chi connectivity index (χ2n) is 4.78. The Bertz CT molecular complexity index is 478. The fraction of sp³-hybridized carbons (Fsp3) is 0.800. The Morgan fingerprint density at radius 2 is 2.16 bits per heavy atom. The summed E-state index contributed by atoms with van der Waals surface area (Å²) in [5, 5.41) is 11.6. The first-order valence-electron chi connectivity index (χ1n) is 5.94. The quantitative estimate of drug-likeness (QED) is 0.734. The molecule has 2 amide bonds. The number of carbonyl (C=O) groups excluding carboxylic acids is 1. The Hall–Kier alpha value is -0.960. The van der Waals surface area contributed by atoms with Crippen LogP contribution in [0, 0.1) is 5.92 Å². The van der Waals surface area contributed by atoms with Crippen molar-refractivity contribution in [2.45, 2.75) is 12.5 Å². The minimum atomic E-state index is -2.95. The number of thioether (sulfide) groups is 1. The van der Waals surface area contributed by atoms with E-state index in [2.05, 4.69) is 5.32 Å². The van der Waals surface area contributed by atoms with Gasteiger partial charge < -0.3 is 15.3 Å². The topological polar surface area (TPSA) is 104 Å². The van der Waals surface area contributed by atoms with Crippen LogP contribution in [0.2, 0.25) is 0 Å². The number of carboxylic acid groups (broad SMARTS) is 1. The molecule has 2 N–H and O–H groups in total. The van der Waals surface area contributed by atoms with Gasteiger partial charge in [-0.05, 0) is 12.3 Å². The SMILES string of the molecule is O=C(O)[C@@H]1CSCN1C(=O)NCC1CCS(=O)(=O)C1. The molecular formula is C10H16N2O5S2. The van der Waals surface area contributed by atoms with E-state index < -0.39 is 27.9 Å². The van der Waals surface area contributed by atoms with Crippen molar-refractivity contribution in [2.24, 2.45) is 5.92 Å². The molecule has 0 aromatic heterocycles. The molecule has 2 heterocycles. The van der Waals surface area contributed by atoms with Gasteiger partial charge in [0.15, 0.2) is 9.84 Å². The molecule has 9 heteroatoms. The van der Waals surface area contributed by atoms with Crippen LogP contribution in [0.1, 0.15) is 6.42 Å². The number of aliphatic carboxylic acids is 1. The van der Waals surface area contributed by atoms with E-state index >= 15 is 0 Å². The van der Waals surface area contributed by atoms with E-state index in [1.54, 1.807) is 0 Å². The van der Waals surface area contributed by atoms with Gasteiger partial charge in [-0.2, -0.15) is 0 Å². The molecule has 2 aliphatic rings. The zero-order valence-corrected chi connectivity index (χ0v) is 11.9. The molecular weight excluding hydrogens is 292 g/mol. The van der Waals surface area contributed by atoms with Gasteiger partial charge in [0, 0.05) is 12.3 Å². The highest BCUT2D eigenvalue weighted by Crippen LogP contribution is 2.21. The van der Waals surface area contributed by atoms with Gasteiger partial charge in [-0.1, -0.05) is 0 Å². The van der Waals surface area contributed by atoms with Crippen LogP contribution in [0.25, 0.3) is 0 Å². The van der Waals surface area contributed by atoms with Gasteiger partial charge in [0.05, 0.1) is 17.4 Å². The highest BCUT2D eigenvalue weighted by atomic mass is 32.2. The van der Waals surface area contributed by atoms with Crippen molar-refractivity contribution in [3.8, 4) is 0 Å². The van der Waals surface area contributed by atoms with Gasteiger partial charge in [-0.25, -0.2) is 18.0 Å². The van der Waals surface area contributed by atoms with Gasteiger partial charge in [-0.15, -0.1) is 11.8 Å². The lowest BCUT2D eigenvalue weighted by Crippen LogP contribution is -2.47. The maximum absolute atomic E-state index is 11.9. The first-order valence-corrected chi connectivity index (χ1v) is 8.92. The maximum Gasteiger partial charge on any atom is 0.327 e. The third kappa shape index (κ3) is 3.53. The number of sulfone groups is 1. The van der Waals surface area contributed by atoms with Gasteiger partial charge in [0.2, 0.25) is 0 Å². The zero-order chi connectivity index (χ0) is 14.0. The van der Waals surface area contributed by atoms with Crippen LogP contribution in [0.15, 0.2) is 0 Å². The van der Waals surface area contributed by atoms with E-state index in [9.17, 15) is 18.0 Å². The number of urea groups is 1. The normalized spacial score (nSPS) is 29.4. The van der Waals surface area contributed by atoms with Crippen LogP contribution in [-0.2, 0) is 14.6 Å². The molecule has 0 aromatic rings. The van der Waals surface area contributed by atoms with Crippen molar-refractivity contribution in [3.63, 3.8) is 0 Å². The Balaban J connectivity index is 1.83. The number of hydrogen-bond acceptors (Lipinski definition) is 5. The number of carboxylic acids is 1. The molecule has 2 fully saturated rings. The van der Waals surface area contributed by atoms with Crippen molar-refractivity contribution in [2.75, 3.05) is 29.7 Å². The van der Waals surface area contributed by atoms with Crippen molar-refractivity contribution in [3.05, 3.63) is 0 Å². The minimum Gasteiger partial charge on any atom is -0.480 e. The largest absolute Gasteiger partial charge is 0.480 e. The summed E-state index contributed by atoms with van der Waals surface area (Å²) in [5.41, 5.74) is 0. The van der Waals surface area contributed by atoms with Crippen LogP contribution in [-0.4, -0.2) is 66.1 Å². The van der Waals surface area contributed by atoms with E-state index in [-0.39, 0.29) is 24.0 Å². The van der Waals surface area contributed by atoms with Crippen LogP contribution in [0.5, 0.6) is 0 Å². The number of carbonyl (C=O) groups is 2. The zero-order valence-electron chi connectivity index (χ0n) is 10.2. The third-order valence-electron chi connectivity index (χ3n) is 3.30. The van der Waals surface area contributed by atoms with Crippen LogP contribution in [0.4, 0.5) is 4.79 Å².